The lowest BCUT2D eigenvalue weighted by molar-refractivity contribution is 0.488. The van der Waals surface area contributed by atoms with Gasteiger partial charge in [0.1, 0.15) is 11.6 Å². The van der Waals surface area contributed by atoms with Crippen LogP contribution in [0.2, 0.25) is 0 Å². The number of imidazole rings is 1. The molecule has 0 unspecified atom stereocenters. The topological polar surface area (TPSA) is 61.8 Å². The van der Waals surface area contributed by atoms with Crippen molar-refractivity contribution in [3.8, 4) is 5.69 Å². The van der Waals surface area contributed by atoms with E-state index in [2.05, 4.69) is 4.98 Å². The van der Waals surface area contributed by atoms with Gasteiger partial charge >= 0.3 is 5.69 Å². The molecule has 0 bridgehead atoms. The summed E-state index contributed by atoms with van der Waals surface area (Å²) in [5.74, 6) is -0.854. The third-order valence-corrected chi connectivity index (χ3v) is 4.76. The Kier molecular flexibility index (Phi) is 5.07. The van der Waals surface area contributed by atoms with Gasteiger partial charge in [0.15, 0.2) is 11.2 Å². The molecule has 0 aliphatic carbocycles. The number of benzene rings is 2. The predicted octanol–water partition coefficient (Wildman–Crippen LogP) is 3.33. The normalized spacial score (nSPS) is 11.5. The molecule has 0 saturated carbocycles. The van der Waals surface area contributed by atoms with Gasteiger partial charge < -0.3 is 4.57 Å². The van der Waals surface area contributed by atoms with Crippen molar-refractivity contribution < 1.29 is 8.78 Å². The first-order valence-electron chi connectivity index (χ1n) is 9.56. The molecule has 8 heteroatoms. The average molecular weight is 410 g/mol. The fourth-order valence-electron chi connectivity index (χ4n) is 3.51. The number of hydrogen-bond donors (Lipinski definition) is 0. The van der Waals surface area contributed by atoms with Gasteiger partial charge in [-0.2, -0.15) is 0 Å². The molecule has 30 heavy (non-hydrogen) atoms. The van der Waals surface area contributed by atoms with Gasteiger partial charge in [-0.05, 0) is 41.8 Å². The number of aromatic nitrogens is 4. The minimum atomic E-state index is -0.581. The smallest absolute Gasteiger partial charge is 0.320 e. The number of hydrogen-bond acceptors (Lipinski definition) is 3. The monoisotopic (exact) mass is 410 g/mol. The second-order valence-corrected chi connectivity index (χ2v) is 7.58. The summed E-state index contributed by atoms with van der Waals surface area (Å²) >= 11 is 0. The molecular formula is C22H20F2N4O2. The molecule has 4 rings (SSSR count). The zero-order valence-corrected chi connectivity index (χ0v) is 16.5. The lowest BCUT2D eigenvalue weighted by atomic mass is 10.2. The van der Waals surface area contributed by atoms with E-state index in [0.29, 0.717) is 5.56 Å². The highest BCUT2D eigenvalue weighted by Crippen LogP contribution is 2.16. The standard InChI is InChI=1S/C22H20F2N4O2/c1-14(2)11-27-21(29)19-20(28(22(27)30)18-8-4-7-17(24)10-18)25-13-26(19)12-15-5-3-6-16(23)9-15/h3-10,13-14H,11-12H2,1-2H3. The number of rotatable bonds is 5. The van der Waals surface area contributed by atoms with Crippen molar-refractivity contribution in [1.29, 1.82) is 0 Å². The van der Waals surface area contributed by atoms with Gasteiger partial charge in [0.2, 0.25) is 0 Å². The molecular weight excluding hydrogens is 390 g/mol. The number of halogens is 2. The van der Waals surface area contributed by atoms with Crippen molar-refractivity contribution in [2.75, 3.05) is 0 Å². The minimum absolute atomic E-state index is 0.0356. The molecule has 0 spiro atoms. The van der Waals surface area contributed by atoms with E-state index < -0.39 is 17.1 Å². The van der Waals surface area contributed by atoms with Crippen LogP contribution in [0.1, 0.15) is 19.4 Å². The maximum absolute atomic E-state index is 13.9. The lowest BCUT2D eigenvalue weighted by Crippen LogP contribution is -2.41. The van der Waals surface area contributed by atoms with E-state index in [4.69, 9.17) is 0 Å². The van der Waals surface area contributed by atoms with Crippen molar-refractivity contribution in [3.05, 3.63) is 92.9 Å². The Labute approximate surface area is 170 Å². The molecule has 0 N–H and O–H groups in total. The maximum atomic E-state index is 13.9. The lowest BCUT2D eigenvalue weighted by Gasteiger charge is -2.14. The van der Waals surface area contributed by atoms with Crippen molar-refractivity contribution >= 4 is 11.2 Å². The summed E-state index contributed by atoms with van der Waals surface area (Å²) in [5.41, 5.74) is 0.190. The first-order valence-corrected chi connectivity index (χ1v) is 9.56. The number of nitrogens with zero attached hydrogens (tertiary/aromatic N) is 4. The van der Waals surface area contributed by atoms with Crippen LogP contribution in [0.25, 0.3) is 16.9 Å². The summed E-state index contributed by atoms with van der Waals surface area (Å²) < 4.78 is 31.4. The first-order chi connectivity index (χ1) is 14.3. The van der Waals surface area contributed by atoms with Crippen LogP contribution in [-0.4, -0.2) is 18.7 Å². The first kappa shape index (κ1) is 19.8. The molecule has 0 aliphatic heterocycles. The fraction of sp³-hybridized carbons (Fsp3) is 0.227. The van der Waals surface area contributed by atoms with Gasteiger partial charge in [-0.15, -0.1) is 0 Å². The summed E-state index contributed by atoms with van der Waals surface area (Å²) in [6.07, 6.45) is 1.44. The van der Waals surface area contributed by atoms with Crippen molar-refractivity contribution in [3.63, 3.8) is 0 Å². The van der Waals surface area contributed by atoms with Crippen LogP contribution < -0.4 is 11.2 Å². The van der Waals surface area contributed by atoms with Crippen LogP contribution in [0.3, 0.4) is 0 Å². The van der Waals surface area contributed by atoms with E-state index in [1.807, 2.05) is 13.8 Å². The summed E-state index contributed by atoms with van der Waals surface area (Å²) in [6, 6.07) is 11.6. The highest BCUT2D eigenvalue weighted by Gasteiger charge is 2.20. The highest BCUT2D eigenvalue weighted by molar-refractivity contribution is 5.72. The van der Waals surface area contributed by atoms with Crippen LogP contribution in [0.5, 0.6) is 0 Å². The van der Waals surface area contributed by atoms with E-state index in [0.717, 1.165) is 4.57 Å². The molecule has 4 aromatic rings. The maximum Gasteiger partial charge on any atom is 0.337 e. The van der Waals surface area contributed by atoms with Crippen LogP contribution in [0, 0.1) is 17.6 Å². The quantitative estimate of drug-likeness (QED) is 0.507. The Morgan fingerprint density at radius 3 is 2.37 bits per heavy atom. The molecule has 0 radical (unpaired) electrons. The molecule has 6 nitrogen and oxygen atoms in total. The summed E-state index contributed by atoms with van der Waals surface area (Å²) in [7, 11) is 0. The molecule has 2 heterocycles. The molecule has 0 aliphatic rings. The van der Waals surface area contributed by atoms with E-state index in [-0.39, 0.29) is 41.7 Å². The molecule has 0 saturated heterocycles. The van der Waals surface area contributed by atoms with Crippen LogP contribution in [0.15, 0.2) is 64.4 Å². The van der Waals surface area contributed by atoms with Gasteiger partial charge in [-0.25, -0.2) is 23.1 Å². The summed E-state index contributed by atoms with van der Waals surface area (Å²) in [4.78, 5) is 30.7. The van der Waals surface area contributed by atoms with Gasteiger partial charge in [-0.1, -0.05) is 32.0 Å². The van der Waals surface area contributed by atoms with Crippen molar-refractivity contribution in [2.45, 2.75) is 26.9 Å². The number of fused-ring (bicyclic) bond motifs is 1. The zero-order chi connectivity index (χ0) is 21.4. The molecule has 0 atom stereocenters. The minimum Gasteiger partial charge on any atom is -0.320 e. The van der Waals surface area contributed by atoms with Crippen LogP contribution in [0.4, 0.5) is 8.78 Å². The molecule has 0 amide bonds. The van der Waals surface area contributed by atoms with E-state index in [1.54, 1.807) is 22.8 Å². The second-order valence-electron chi connectivity index (χ2n) is 7.58. The SMILES string of the molecule is CC(C)Cn1c(=O)c2c(ncn2Cc2cccc(F)c2)n(-c2cccc(F)c2)c1=O. The third kappa shape index (κ3) is 3.56. The van der Waals surface area contributed by atoms with Crippen molar-refractivity contribution in [2.24, 2.45) is 5.92 Å². The highest BCUT2D eigenvalue weighted by atomic mass is 19.1. The van der Waals surface area contributed by atoms with Crippen LogP contribution >= 0.6 is 0 Å². The molecule has 154 valence electrons. The van der Waals surface area contributed by atoms with Gasteiger partial charge in [0.05, 0.1) is 12.0 Å². The molecule has 0 fully saturated rings. The van der Waals surface area contributed by atoms with E-state index in [1.165, 1.54) is 41.2 Å². The molecule has 2 aromatic carbocycles. The van der Waals surface area contributed by atoms with Gasteiger partial charge in [-0.3, -0.25) is 9.36 Å². The average Bonchev–Trinajstić information content (AvgIpc) is 3.08. The predicted molar refractivity (Wildman–Crippen MR) is 110 cm³/mol. The van der Waals surface area contributed by atoms with E-state index in [9.17, 15) is 18.4 Å². The second kappa shape index (κ2) is 7.70. The van der Waals surface area contributed by atoms with Crippen LogP contribution in [-0.2, 0) is 13.1 Å². The zero-order valence-electron chi connectivity index (χ0n) is 16.5. The third-order valence-electron chi connectivity index (χ3n) is 4.76. The Bertz CT molecular complexity index is 1350. The van der Waals surface area contributed by atoms with Crippen molar-refractivity contribution in [1.82, 2.24) is 18.7 Å². The summed E-state index contributed by atoms with van der Waals surface area (Å²) in [6.45, 7) is 4.19. The Balaban J connectivity index is 2.00. The fourth-order valence-corrected chi connectivity index (χ4v) is 3.51. The van der Waals surface area contributed by atoms with E-state index >= 15 is 0 Å². The Hall–Kier alpha value is -3.55. The largest absolute Gasteiger partial charge is 0.337 e. The Morgan fingerprint density at radius 1 is 1.00 bits per heavy atom. The van der Waals surface area contributed by atoms with Gasteiger partial charge in [0.25, 0.3) is 5.56 Å². The summed E-state index contributed by atoms with van der Waals surface area (Å²) in [5, 5.41) is 0. The Morgan fingerprint density at radius 2 is 1.70 bits per heavy atom. The molecule has 2 aromatic heterocycles. The van der Waals surface area contributed by atoms with Gasteiger partial charge in [0, 0.05) is 13.1 Å².